The smallest absolute Gasteiger partial charge is 0.254 e. The van der Waals surface area contributed by atoms with Crippen molar-refractivity contribution >= 4 is 23.1 Å². The zero-order valence-corrected chi connectivity index (χ0v) is 10.3. The molecule has 3 rings (SSSR count). The molecule has 94 valence electrons. The first-order valence-electron chi connectivity index (χ1n) is 6.04. The second-order valence-electron chi connectivity index (χ2n) is 4.33. The number of benzene rings is 2. The number of nitrogens with zero attached hydrogens (tertiary/aromatic N) is 2. The van der Waals surface area contributed by atoms with Crippen molar-refractivity contribution in [1.82, 2.24) is 0 Å². The van der Waals surface area contributed by atoms with Gasteiger partial charge in [-0.15, -0.1) is 0 Å². The molecule has 2 aromatic carbocycles. The lowest BCUT2D eigenvalue weighted by molar-refractivity contribution is -0.115. The van der Waals surface area contributed by atoms with Gasteiger partial charge in [0, 0.05) is 11.3 Å². The highest BCUT2D eigenvalue weighted by Crippen LogP contribution is 2.22. The van der Waals surface area contributed by atoms with Crippen LogP contribution in [0, 0.1) is 0 Å². The highest BCUT2D eigenvalue weighted by Gasteiger charge is 2.27. The summed E-state index contributed by atoms with van der Waals surface area (Å²) in [6.45, 7) is 0.189. The van der Waals surface area contributed by atoms with Crippen molar-refractivity contribution in [3.63, 3.8) is 0 Å². The van der Waals surface area contributed by atoms with Crippen LogP contribution in [0.1, 0.15) is 5.56 Å². The maximum atomic E-state index is 12.0. The van der Waals surface area contributed by atoms with E-state index in [0.29, 0.717) is 11.5 Å². The van der Waals surface area contributed by atoms with E-state index in [2.05, 4.69) is 4.99 Å². The van der Waals surface area contributed by atoms with Gasteiger partial charge in [0.05, 0.1) is 5.69 Å². The maximum absolute atomic E-state index is 12.0. The number of nitrogens with two attached hydrogens (primary N) is 1. The van der Waals surface area contributed by atoms with E-state index in [1.165, 1.54) is 0 Å². The zero-order valence-electron chi connectivity index (χ0n) is 10.3. The van der Waals surface area contributed by atoms with Crippen LogP contribution in [-0.4, -0.2) is 18.3 Å². The summed E-state index contributed by atoms with van der Waals surface area (Å²) in [6.07, 6.45) is 0. The molecule has 1 aliphatic rings. The Hall–Kier alpha value is -2.62. The molecule has 1 heterocycles. The third-order valence-corrected chi connectivity index (χ3v) is 3.01. The van der Waals surface area contributed by atoms with Crippen molar-refractivity contribution in [2.45, 2.75) is 0 Å². The Morgan fingerprint density at radius 1 is 1.00 bits per heavy atom. The van der Waals surface area contributed by atoms with Crippen LogP contribution in [0.3, 0.4) is 0 Å². The zero-order chi connectivity index (χ0) is 13.2. The van der Waals surface area contributed by atoms with Crippen LogP contribution in [0.25, 0.3) is 0 Å². The van der Waals surface area contributed by atoms with Crippen molar-refractivity contribution in [1.29, 1.82) is 0 Å². The molecular weight excluding hydrogens is 238 g/mol. The number of anilines is 2. The largest absolute Gasteiger partial charge is 0.399 e. The van der Waals surface area contributed by atoms with E-state index < -0.39 is 0 Å². The van der Waals surface area contributed by atoms with Crippen LogP contribution in [0.15, 0.2) is 59.6 Å². The molecule has 0 bridgehead atoms. The van der Waals surface area contributed by atoms with Gasteiger partial charge in [-0.05, 0) is 36.4 Å². The molecule has 2 N–H and O–H groups in total. The molecule has 4 nitrogen and oxygen atoms in total. The van der Waals surface area contributed by atoms with Crippen molar-refractivity contribution in [3.05, 3.63) is 60.2 Å². The van der Waals surface area contributed by atoms with Crippen LogP contribution in [-0.2, 0) is 4.79 Å². The van der Waals surface area contributed by atoms with E-state index in [0.717, 1.165) is 11.3 Å². The Labute approximate surface area is 111 Å². The van der Waals surface area contributed by atoms with E-state index >= 15 is 0 Å². The molecule has 0 unspecified atom stereocenters. The average Bonchev–Trinajstić information content (AvgIpc) is 2.82. The summed E-state index contributed by atoms with van der Waals surface area (Å²) < 4.78 is 0. The minimum atomic E-state index is -0.0157. The Morgan fingerprint density at radius 3 is 2.37 bits per heavy atom. The van der Waals surface area contributed by atoms with Gasteiger partial charge in [-0.3, -0.25) is 14.7 Å². The highest BCUT2D eigenvalue weighted by atomic mass is 16.2. The highest BCUT2D eigenvalue weighted by molar-refractivity contribution is 6.27. The lowest BCUT2D eigenvalue weighted by Gasteiger charge is -2.18. The van der Waals surface area contributed by atoms with Crippen LogP contribution in [0.5, 0.6) is 0 Å². The molecule has 1 amide bonds. The number of para-hydroxylation sites is 1. The number of amides is 1. The Kier molecular flexibility index (Phi) is 2.76. The summed E-state index contributed by atoms with van der Waals surface area (Å²) in [6, 6.07) is 16.9. The second-order valence-corrected chi connectivity index (χ2v) is 4.33. The number of carbonyl (C=O) groups is 1. The number of hydrogen-bond acceptors (Lipinski definition) is 3. The van der Waals surface area contributed by atoms with Crippen LogP contribution < -0.4 is 10.6 Å². The Bertz CT molecular complexity index is 632. The van der Waals surface area contributed by atoms with E-state index in [1.807, 2.05) is 54.6 Å². The van der Waals surface area contributed by atoms with Crippen molar-refractivity contribution in [2.24, 2.45) is 4.99 Å². The molecule has 0 atom stereocenters. The first-order chi connectivity index (χ1) is 9.25. The molecule has 0 saturated carbocycles. The third kappa shape index (κ3) is 2.08. The molecule has 4 heteroatoms. The number of aliphatic imine (C=N–C) groups is 1. The van der Waals surface area contributed by atoms with E-state index in [9.17, 15) is 4.79 Å². The van der Waals surface area contributed by atoms with E-state index in [1.54, 1.807) is 4.90 Å². The topological polar surface area (TPSA) is 58.7 Å². The molecule has 0 aliphatic carbocycles. The minimum absolute atomic E-state index is 0.0157. The molecule has 2 aromatic rings. The van der Waals surface area contributed by atoms with E-state index in [4.69, 9.17) is 5.73 Å². The Morgan fingerprint density at radius 2 is 1.68 bits per heavy atom. The lowest BCUT2D eigenvalue weighted by atomic mass is 10.1. The summed E-state index contributed by atoms with van der Waals surface area (Å²) in [5.74, 6) is 0.661. The summed E-state index contributed by atoms with van der Waals surface area (Å²) in [4.78, 5) is 18.0. The third-order valence-electron chi connectivity index (χ3n) is 3.01. The standard InChI is InChI=1S/C15H13N3O/c16-12-8-6-11(7-9-12)15-17-10-14(19)18(15)13-4-2-1-3-5-13/h1-9H,10,16H2. The van der Waals surface area contributed by atoms with Gasteiger partial charge in [-0.2, -0.15) is 0 Å². The molecule has 19 heavy (non-hydrogen) atoms. The van der Waals surface area contributed by atoms with Gasteiger partial charge in [0.15, 0.2) is 0 Å². The maximum Gasteiger partial charge on any atom is 0.254 e. The summed E-state index contributed by atoms with van der Waals surface area (Å²) in [5.41, 5.74) is 8.10. The van der Waals surface area contributed by atoms with Crippen LogP contribution in [0.2, 0.25) is 0 Å². The van der Waals surface area contributed by atoms with Gasteiger partial charge in [0.25, 0.3) is 5.91 Å². The van der Waals surface area contributed by atoms with Gasteiger partial charge in [0.1, 0.15) is 12.4 Å². The monoisotopic (exact) mass is 251 g/mol. The number of rotatable bonds is 2. The van der Waals surface area contributed by atoms with Gasteiger partial charge in [0.2, 0.25) is 0 Å². The fourth-order valence-corrected chi connectivity index (χ4v) is 2.10. The van der Waals surface area contributed by atoms with Gasteiger partial charge < -0.3 is 5.73 Å². The van der Waals surface area contributed by atoms with Gasteiger partial charge in [-0.1, -0.05) is 18.2 Å². The summed E-state index contributed by atoms with van der Waals surface area (Å²) >= 11 is 0. The fraction of sp³-hybridized carbons (Fsp3) is 0.0667. The first-order valence-corrected chi connectivity index (χ1v) is 6.04. The molecular formula is C15H13N3O. The fourth-order valence-electron chi connectivity index (χ4n) is 2.10. The van der Waals surface area contributed by atoms with Crippen molar-refractivity contribution in [2.75, 3.05) is 17.2 Å². The van der Waals surface area contributed by atoms with Crippen molar-refractivity contribution < 1.29 is 4.79 Å². The quantitative estimate of drug-likeness (QED) is 0.830. The predicted octanol–water partition coefficient (Wildman–Crippen LogP) is 2.06. The molecule has 0 radical (unpaired) electrons. The molecule has 1 aliphatic heterocycles. The molecule has 0 saturated heterocycles. The number of nitrogen functional groups attached to an aromatic ring is 1. The molecule has 0 spiro atoms. The van der Waals surface area contributed by atoms with Gasteiger partial charge in [-0.25, -0.2) is 0 Å². The van der Waals surface area contributed by atoms with Gasteiger partial charge >= 0.3 is 0 Å². The Balaban J connectivity index is 2.01. The van der Waals surface area contributed by atoms with Crippen molar-refractivity contribution in [3.8, 4) is 0 Å². The summed E-state index contributed by atoms with van der Waals surface area (Å²) in [5, 5.41) is 0. The molecule has 0 fully saturated rings. The average molecular weight is 251 g/mol. The molecule has 0 aromatic heterocycles. The predicted molar refractivity (Wildman–Crippen MR) is 76.2 cm³/mol. The number of carbonyl (C=O) groups excluding carboxylic acids is 1. The number of amidine groups is 1. The SMILES string of the molecule is Nc1ccc(C2=NCC(=O)N2c2ccccc2)cc1. The second kappa shape index (κ2) is 4.57. The van der Waals surface area contributed by atoms with Crippen LogP contribution >= 0.6 is 0 Å². The normalized spacial score (nSPS) is 14.6. The lowest BCUT2D eigenvalue weighted by Crippen LogP contribution is -2.32. The van der Waals surface area contributed by atoms with Crippen LogP contribution in [0.4, 0.5) is 11.4 Å². The minimum Gasteiger partial charge on any atom is -0.399 e. The first kappa shape index (κ1) is 11.5. The number of hydrogen-bond donors (Lipinski definition) is 1. The summed E-state index contributed by atoms with van der Waals surface area (Å²) in [7, 11) is 0. The van der Waals surface area contributed by atoms with E-state index in [-0.39, 0.29) is 12.5 Å².